The number of primary amides is 1. The highest BCUT2D eigenvalue weighted by Crippen LogP contribution is 2.29. The maximum absolute atomic E-state index is 12.2. The van der Waals surface area contributed by atoms with Crippen molar-refractivity contribution in [1.82, 2.24) is 15.3 Å². The average molecular weight is 513 g/mol. The van der Waals surface area contributed by atoms with Crippen molar-refractivity contribution in [2.75, 3.05) is 23.3 Å². The molecule has 200 valence electrons. The molecule has 1 fully saturated rings. The maximum Gasteiger partial charge on any atom is 0.407 e. The Balaban J connectivity index is 1.89. The van der Waals surface area contributed by atoms with Crippen LogP contribution in [0.25, 0.3) is 0 Å². The van der Waals surface area contributed by atoms with Gasteiger partial charge in [-0.25, -0.2) is 14.6 Å². The molecule has 1 aromatic heterocycles. The largest absolute Gasteiger partial charge is 0.478 e. The zero-order valence-corrected chi connectivity index (χ0v) is 22.2. The third-order valence-corrected chi connectivity index (χ3v) is 5.78. The van der Waals surface area contributed by atoms with Gasteiger partial charge in [0.15, 0.2) is 0 Å². The molecule has 1 aromatic carbocycles. The molecule has 0 saturated carbocycles. The Morgan fingerprint density at radius 3 is 2.43 bits per heavy atom. The molecule has 1 aliphatic rings. The van der Waals surface area contributed by atoms with E-state index in [-0.39, 0.29) is 28.4 Å². The highest BCUT2D eigenvalue weighted by atomic mass is 16.6. The number of carbonyl (C=O) groups excluding carboxylic acids is 2. The molecule has 11 heteroatoms. The Bertz CT molecular complexity index is 1180. The van der Waals surface area contributed by atoms with Gasteiger partial charge in [-0.2, -0.15) is 4.98 Å². The average Bonchev–Trinajstić information content (AvgIpc) is 2.77. The summed E-state index contributed by atoms with van der Waals surface area (Å²) in [6, 6.07) is 4.76. The number of piperidine rings is 1. The normalized spacial score (nSPS) is 16.2. The summed E-state index contributed by atoms with van der Waals surface area (Å²) in [6.45, 7) is 12.5. The second-order valence-electron chi connectivity index (χ2n) is 11.2. The van der Waals surface area contributed by atoms with Crippen molar-refractivity contribution < 1.29 is 24.2 Å². The summed E-state index contributed by atoms with van der Waals surface area (Å²) in [4.78, 5) is 46.9. The van der Waals surface area contributed by atoms with Crippen LogP contribution < -0.4 is 21.3 Å². The Labute approximate surface area is 216 Å². The first-order chi connectivity index (χ1) is 17.1. The third-order valence-electron chi connectivity index (χ3n) is 5.78. The Hall–Kier alpha value is -3.89. The lowest BCUT2D eigenvalue weighted by Gasteiger charge is -2.33. The maximum atomic E-state index is 12.2. The van der Waals surface area contributed by atoms with Crippen molar-refractivity contribution in [1.29, 1.82) is 0 Å². The molecule has 1 saturated heterocycles. The predicted octanol–water partition coefficient (Wildman–Crippen LogP) is 3.81. The molecule has 37 heavy (non-hydrogen) atoms. The lowest BCUT2D eigenvalue weighted by molar-refractivity contribution is 0.0499. The SMILES string of the molecule is CC(C)(C)OC(=O)NC1CCCN(c2ncc(C(N)=O)c(Nc3cc(C(=O)O)cc(C(C)(C)C)c3)n2)C1. The number of ether oxygens (including phenoxy) is 1. The van der Waals surface area contributed by atoms with Gasteiger partial charge in [-0.3, -0.25) is 4.79 Å². The molecule has 2 amide bonds. The topological polar surface area (TPSA) is 160 Å². The van der Waals surface area contributed by atoms with E-state index < -0.39 is 23.6 Å². The third kappa shape index (κ3) is 7.55. The number of aromatic carboxylic acids is 1. The number of nitrogens with zero attached hydrogens (tertiary/aromatic N) is 3. The number of carbonyl (C=O) groups is 3. The van der Waals surface area contributed by atoms with E-state index in [1.54, 1.807) is 26.8 Å². The van der Waals surface area contributed by atoms with E-state index in [2.05, 4.69) is 20.6 Å². The number of rotatable bonds is 6. The van der Waals surface area contributed by atoms with Crippen LogP contribution in [-0.2, 0) is 10.2 Å². The summed E-state index contributed by atoms with van der Waals surface area (Å²) in [6.07, 6.45) is 2.43. The molecule has 0 spiro atoms. The number of carboxylic acids is 1. The first-order valence-corrected chi connectivity index (χ1v) is 12.2. The van der Waals surface area contributed by atoms with Gasteiger partial charge in [-0.1, -0.05) is 20.8 Å². The lowest BCUT2D eigenvalue weighted by atomic mass is 9.86. The summed E-state index contributed by atoms with van der Waals surface area (Å²) >= 11 is 0. The highest BCUT2D eigenvalue weighted by Gasteiger charge is 2.26. The molecule has 0 aliphatic carbocycles. The number of aromatic nitrogens is 2. The van der Waals surface area contributed by atoms with Crippen molar-refractivity contribution in [2.45, 2.75) is 71.4 Å². The van der Waals surface area contributed by atoms with Crippen LogP contribution in [0, 0.1) is 0 Å². The number of nitrogens with two attached hydrogens (primary N) is 1. The first-order valence-electron chi connectivity index (χ1n) is 12.2. The van der Waals surface area contributed by atoms with Gasteiger partial charge in [0.05, 0.1) is 5.56 Å². The number of hydrogen-bond acceptors (Lipinski definition) is 8. The molecule has 1 aliphatic heterocycles. The van der Waals surface area contributed by atoms with Crippen LogP contribution in [0.2, 0.25) is 0 Å². The number of carboxylic acid groups (broad SMARTS) is 1. The molecule has 5 N–H and O–H groups in total. The Morgan fingerprint density at radius 1 is 1.14 bits per heavy atom. The highest BCUT2D eigenvalue weighted by molar-refractivity contribution is 5.98. The van der Waals surface area contributed by atoms with Gasteiger partial charge in [0.2, 0.25) is 5.95 Å². The van der Waals surface area contributed by atoms with Gasteiger partial charge in [0.25, 0.3) is 5.91 Å². The van der Waals surface area contributed by atoms with E-state index in [9.17, 15) is 19.5 Å². The smallest absolute Gasteiger partial charge is 0.407 e. The van der Waals surface area contributed by atoms with E-state index in [0.717, 1.165) is 18.4 Å². The minimum absolute atomic E-state index is 0.0715. The number of anilines is 3. The van der Waals surface area contributed by atoms with E-state index >= 15 is 0 Å². The van der Waals surface area contributed by atoms with E-state index in [1.165, 1.54) is 12.3 Å². The fourth-order valence-electron chi connectivity index (χ4n) is 3.94. The number of benzene rings is 1. The second kappa shape index (κ2) is 10.6. The summed E-state index contributed by atoms with van der Waals surface area (Å²) in [5.41, 5.74) is 6.10. The summed E-state index contributed by atoms with van der Waals surface area (Å²) < 4.78 is 5.37. The predicted molar refractivity (Wildman–Crippen MR) is 141 cm³/mol. The van der Waals surface area contributed by atoms with Gasteiger partial charge in [0.1, 0.15) is 17.0 Å². The fraction of sp³-hybridized carbons (Fsp3) is 0.500. The number of hydrogen-bond donors (Lipinski definition) is 4. The molecule has 0 bridgehead atoms. The number of amides is 2. The van der Waals surface area contributed by atoms with Gasteiger partial charge < -0.3 is 31.1 Å². The zero-order chi connectivity index (χ0) is 27.5. The lowest BCUT2D eigenvalue weighted by Crippen LogP contribution is -2.49. The van der Waals surface area contributed by atoms with Crippen LogP contribution in [0.3, 0.4) is 0 Å². The Kier molecular flexibility index (Phi) is 7.94. The van der Waals surface area contributed by atoms with E-state index in [4.69, 9.17) is 10.5 Å². The number of alkyl carbamates (subject to hydrolysis) is 1. The van der Waals surface area contributed by atoms with Crippen LogP contribution in [0.4, 0.5) is 22.2 Å². The van der Waals surface area contributed by atoms with Crippen molar-refractivity contribution >= 4 is 35.4 Å². The van der Waals surface area contributed by atoms with Crippen LogP contribution in [-0.4, -0.2) is 57.8 Å². The van der Waals surface area contributed by atoms with Crippen LogP contribution in [0.15, 0.2) is 24.4 Å². The van der Waals surface area contributed by atoms with Crippen molar-refractivity contribution in [3.8, 4) is 0 Å². The van der Waals surface area contributed by atoms with Crippen molar-refractivity contribution in [3.63, 3.8) is 0 Å². The van der Waals surface area contributed by atoms with Crippen molar-refractivity contribution in [3.05, 3.63) is 41.1 Å². The monoisotopic (exact) mass is 512 g/mol. The molecule has 11 nitrogen and oxygen atoms in total. The minimum Gasteiger partial charge on any atom is -0.478 e. The Morgan fingerprint density at radius 2 is 1.84 bits per heavy atom. The molecule has 1 unspecified atom stereocenters. The van der Waals surface area contributed by atoms with Crippen LogP contribution in [0.1, 0.15) is 80.7 Å². The van der Waals surface area contributed by atoms with Gasteiger partial charge in [-0.15, -0.1) is 0 Å². The first kappa shape index (κ1) is 27.7. The zero-order valence-electron chi connectivity index (χ0n) is 22.2. The van der Waals surface area contributed by atoms with Gasteiger partial charge in [0, 0.05) is 31.0 Å². The van der Waals surface area contributed by atoms with Crippen LogP contribution in [0.5, 0.6) is 0 Å². The second-order valence-corrected chi connectivity index (χ2v) is 11.2. The quantitative estimate of drug-likeness (QED) is 0.451. The molecule has 1 atom stereocenters. The molecule has 3 rings (SSSR count). The molecular formula is C26H36N6O5. The summed E-state index contributed by atoms with van der Waals surface area (Å²) in [5, 5.41) is 15.6. The van der Waals surface area contributed by atoms with Crippen LogP contribution >= 0.6 is 0 Å². The van der Waals surface area contributed by atoms with Gasteiger partial charge >= 0.3 is 12.1 Å². The van der Waals surface area contributed by atoms with E-state index in [1.807, 2.05) is 31.7 Å². The van der Waals surface area contributed by atoms with Crippen molar-refractivity contribution in [2.24, 2.45) is 5.73 Å². The summed E-state index contributed by atoms with van der Waals surface area (Å²) in [7, 11) is 0. The van der Waals surface area contributed by atoms with E-state index in [0.29, 0.717) is 24.7 Å². The number of nitrogens with one attached hydrogen (secondary N) is 2. The molecule has 2 heterocycles. The fourth-order valence-corrected chi connectivity index (χ4v) is 3.94. The standard InChI is InChI=1S/C26H36N6O5/c1-25(2,3)16-10-15(22(34)35)11-18(12-16)29-21-19(20(27)33)13-28-23(31-21)32-9-7-8-17(14-32)30-24(36)37-26(4,5)6/h10-13,17H,7-9,14H2,1-6H3,(H2,27,33)(H,30,36)(H,34,35)(H,28,29,31). The molecular weight excluding hydrogens is 476 g/mol. The molecule has 2 aromatic rings. The minimum atomic E-state index is -1.07. The summed E-state index contributed by atoms with van der Waals surface area (Å²) in [5.74, 6) is -1.26. The molecule has 0 radical (unpaired) electrons. The van der Waals surface area contributed by atoms with Gasteiger partial charge in [-0.05, 0) is 62.8 Å².